The molecule has 0 spiro atoms. The number of hydrogen-bond donors (Lipinski definition) is 2. The molecule has 0 radical (unpaired) electrons. The van der Waals surface area contributed by atoms with Crippen LogP contribution in [0.15, 0.2) is 48.5 Å². The zero-order valence-corrected chi connectivity index (χ0v) is 16.5. The van der Waals surface area contributed by atoms with E-state index in [1.165, 1.54) is 16.2 Å². The maximum atomic E-state index is 12.6. The van der Waals surface area contributed by atoms with Gasteiger partial charge in [-0.05, 0) is 43.2 Å². The maximum absolute atomic E-state index is 12.6. The van der Waals surface area contributed by atoms with Crippen LogP contribution in [0.25, 0.3) is 0 Å². The highest BCUT2D eigenvalue weighted by molar-refractivity contribution is 5.79. The van der Waals surface area contributed by atoms with E-state index >= 15 is 0 Å². The molecular weight excluding hydrogens is 338 g/mol. The number of anilines is 1. The normalized spacial score (nSPS) is 16.0. The standard InChI is InChI=1S/C22H29N3O2/c1-17-6-4-5-7-21(17)25-14-12-24(13-15-25)18(2)22(26)23-16-19-8-10-20(27-3)11-9-19/h4-11,18H,12-16H2,1-3H3,(H,23,26)/p+1/t18-/m0/s1. The molecule has 1 heterocycles. The Morgan fingerprint density at radius 2 is 1.81 bits per heavy atom. The second-order valence-corrected chi connectivity index (χ2v) is 7.22. The molecule has 144 valence electrons. The Bertz CT molecular complexity index is 752. The van der Waals surface area contributed by atoms with E-state index in [4.69, 9.17) is 4.74 Å². The molecule has 2 aromatic carbocycles. The average Bonchev–Trinajstić information content (AvgIpc) is 2.72. The van der Waals surface area contributed by atoms with Crippen molar-refractivity contribution in [1.82, 2.24) is 5.32 Å². The molecule has 1 amide bonds. The van der Waals surface area contributed by atoms with Crippen molar-refractivity contribution in [3.05, 3.63) is 59.7 Å². The Kier molecular flexibility index (Phi) is 6.35. The topological polar surface area (TPSA) is 46.0 Å². The fourth-order valence-electron chi connectivity index (χ4n) is 3.66. The molecule has 1 aliphatic rings. The first kappa shape index (κ1) is 19.2. The number of nitrogens with one attached hydrogen (secondary N) is 2. The minimum Gasteiger partial charge on any atom is -0.497 e. The number of methoxy groups -OCH3 is 1. The molecule has 1 atom stereocenters. The zero-order chi connectivity index (χ0) is 19.2. The number of piperazine rings is 1. The fourth-order valence-corrected chi connectivity index (χ4v) is 3.66. The number of hydrogen-bond acceptors (Lipinski definition) is 3. The van der Waals surface area contributed by atoms with E-state index in [-0.39, 0.29) is 11.9 Å². The van der Waals surface area contributed by atoms with Gasteiger partial charge < -0.3 is 19.9 Å². The van der Waals surface area contributed by atoms with Crippen LogP contribution >= 0.6 is 0 Å². The molecule has 0 unspecified atom stereocenters. The summed E-state index contributed by atoms with van der Waals surface area (Å²) in [6.07, 6.45) is 0. The van der Waals surface area contributed by atoms with Gasteiger partial charge in [0.25, 0.3) is 5.91 Å². The van der Waals surface area contributed by atoms with Crippen LogP contribution in [-0.2, 0) is 11.3 Å². The quantitative estimate of drug-likeness (QED) is 0.811. The number of para-hydroxylation sites is 1. The van der Waals surface area contributed by atoms with Crippen LogP contribution in [-0.4, -0.2) is 45.2 Å². The molecule has 27 heavy (non-hydrogen) atoms. The third-order valence-electron chi connectivity index (χ3n) is 5.49. The summed E-state index contributed by atoms with van der Waals surface area (Å²) in [5, 5.41) is 3.07. The van der Waals surface area contributed by atoms with E-state index in [9.17, 15) is 4.79 Å². The van der Waals surface area contributed by atoms with Gasteiger partial charge in [0.1, 0.15) is 5.75 Å². The van der Waals surface area contributed by atoms with Crippen LogP contribution in [0.3, 0.4) is 0 Å². The van der Waals surface area contributed by atoms with Crippen molar-refractivity contribution in [1.29, 1.82) is 0 Å². The first-order valence-electron chi connectivity index (χ1n) is 9.64. The SMILES string of the molecule is COc1ccc(CNC(=O)[C@H](C)[NH+]2CCN(c3ccccc3C)CC2)cc1. The van der Waals surface area contributed by atoms with E-state index in [1.54, 1.807) is 7.11 Å². The van der Waals surface area contributed by atoms with Crippen molar-refractivity contribution < 1.29 is 14.4 Å². The maximum Gasteiger partial charge on any atom is 0.278 e. The summed E-state index contributed by atoms with van der Waals surface area (Å²) in [6, 6.07) is 16.3. The second-order valence-electron chi connectivity index (χ2n) is 7.22. The van der Waals surface area contributed by atoms with Crippen LogP contribution in [0.2, 0.25) is 0 Å². The van der Waals surface area contributed by atoms with E-state index < -0.39 is 0 Å². The monoisotopic (exact) mass is 368 g/mol. The predicted molar refractivity (Wildman–Crippen MR) is 108 cm³/mol. The minimum absolute atomic E-state index is 0.0396. The third-order valence-corrected chi connectivity index (χ3v) is 5.49. The lowest BCUT2D eigenvalue weighted by atomic mass is 10.1. The first-order chi connectivity index (χ1) is 13.1. The Hall–Kier alpha value is -2.53. The number of amides is 1. The summed E-state index contributed by atoms with van der Waals surface area (Å²) >= 11 is 0. The summed E-state index contributed by atoms with van der Waals surface area (Å²) in [4.78, 5) is 16.4. The van der Waals surface area contributed by atoms with Crippen molar-refractivity contribution in [2.45, 2.75) is 26.4 Å². The number of carbonyl (C=O) groups is 1. The molecular formula is C22H30N3O2+. The average molecular weight is 369 g/mol. The second kappa shape index (κ2) is 8.91. The lowest BCUT2D eigenvalue weighted by Gasteiger charge is -2.36. The predicted octanol–water partition coefficient (Wildman–Crippen LogP) is 1.41. The van der Waals surface area contributed by atoms with Gasteiger partial charge in [-0.3, -0.25) is 4.79 Å². The van der Waals surface area contributed by atoms with E-state index in [0.717, 1.165) is 37.5 Å². The summed E-state index contributed by atoms with van der Waals surface area (Å²) < 4.78 is 5.17. The van der Waals surface area contributed by atoms with Crippen LogP contribution in [0.5, 0.6) is 5.75 Å². The number of aryl methyl sites for hydroxylation is 1. The lowest BCUT2D eigenvalue weighted by molar-refractivity contribution is -0.914. The highest BCUT2D eigenvalue weighted by atomic mass is 16.5. The Labute approximate surface area is 161 Å². The molecule has 3 rings (SSSR count). The zero-order valence-electron chi connectivity index (χ0n) is 16.5. The molecule has 5 heteroatoms. The largest absolute Gasteiger partial charge is 0.497 e. The van der Waals surface area contributed by atoms with Gasteiger partial charge in [0, 0.05) is 12.2 Å². The lowest BCUT2D eigenvalue weighted by Crippen LogP contribution is -3.19. The van der Waals surface area contributed by atoms with Crippen LogP contribution in [0.1, 0.15) is 18.1 Å². The summed E-state index contributed by atoms with van der Waals surface area (Å²) in [6.45, 7) is 8.66. The van der Waals surface area contributed by atoms with Gasteiger partial charge in [0.2, 0.25) is 0 Å². The van der Waals surface area contributed by atoms with Gasteiger partial charge in [-0.25, -0.2) is 0 Å². The number of nitrogens with zero attached hydrogens (tertiary/aromatic N) is 1. The summed E-state index contributed by atoms with van der Waals surface area (Å²) in [7, 11) is 1.65. The van der Waals surface area contributed by atoms with Gasteiger partial charge in [0.15, 0.2) is 6.04 Å². The molecule has 2 aromatic rings. The molecule has 1 aliphatic heterocycles. The molecule has 1 fully saturated rings. The van der Waals surface area contributed by atoms with Gasteiger partial charge in [0.05, 0.1) is 33.3 Å². The molecule has 0 aliphatic carbocycles. The van der Waals surface area contributed by atoms with Gasteiger partial charge in [-0.1, -0.05) is 30.3 Å². The van der Waals surface area contributed by atoms with E-state index in [2.05, 4.69) is 41.4 Å². The van der Waals surface area contributed by atoms with E-state index in [1.807, 2.05) is 31.2 Å². The number of rotatable bonds is 6. The number of ether oxygens (including phenoxy) is 1. The van der Waals surface area contributed by atoms with Crippen molar-refractivity contribution in [2.24, 2.45) is 0 Å². The van der Waals surface area contributed by atoms with Crippen molar-refractivity contribution >= 4 is 11.6 Å². The Morgan fingerprint density at radius 3 is 2.44 bits per heavy atom. The van der Waals surface area contributed by atoms with Crippen LogP contribution in [0.4, 0.5) is 5.69 Å². The van der Waals surface area contributed by atoms with Crippen LogP contribution in [0, 0.1) is 6.92 Å². The molecule has 1 saturated heterocycles. The van der Waals surface area contributed by atoms with Crippen LogP contribution < -0.4 is 19.9 Å². The molecule has 2 N–H and O–H groups in total. The van der Waals surface area contributed by atoms with Gasteiger partial charge in [-0.2, -0.15) is 0 Å². The van der Waals surface area contributed by atoms with Crippen molar-refractivity contribution in [3.63, 3.8) is 0 Å². The Balaban J connectivity index is 1.48. The Morgan fingerprint density at radius 1 is 1.15 bits per heavy atom. The first-order valence-corrected chi connectivity index (χ1v) is 9.64. The minimum atomic E-state index is -0.0396. The van der Waals surface area contributed by atoms with Crippen molar-refractivity contribution in [3.8, 4) is 5.75 Å². The van der Waals surface area contributed by atoms with Gasteiger partial charge in [-0.15, -0.1) is 0 Å². The number of benzene rings is 2. The van der Waals surface area contributed by atoms with Gasteiger partial charge >= 0.3 is 0 Å². The highest BCUT2D eigenvalue weighted by Crippen LogP contribution is 2.18. The summed E-state index contributed by atoms with van der Waals surface area (Å²) in [5.74, 6) is 0.944. The molecule has 0 saturated carbocycles. The third kappa shape index (κ3) is 4.80. The molecule has 0 bridgehead atoms. The van der Waals surface area contributed by atoms with E-state index in [0.29, 0.717) is 6.54 Å². The highest BCUT2D eigenvalue weighted by Gasteiger charge is 2.29. The molecule has 0 aromatic heterocycles. The van der Waals surface area contributed by atoms with Crippen molar-refractivity contribution in [2.75, 3.05) is 38.2 Å². The number of carbonyl (C=O) groups excluding carboxylic acids is 1. The fraction of sp³-hybridized carbons (Fsp3) is 0.409. The smallest absolute Gasteiger partial charge is 0.278 e. The number of quaternary nitrogens is 1. The summed E-state index contributed by atoms with van der Waals surface area (Å²) in [5.41, 5.74) is 3.70. The molecule has 5 nitrogen and oxygen atoms in total.